The molecule has 2 heterocycles. The number of benzene rings is 2. The fourth-order valence-corrected chi connectivity index (χ4v) is 6.21. The zero-order valence-electron chi connectivity index (χ0n) is 13.5. The zero-order valence-corrected chi connectivity index (χ0v) is 15.1. The summed E-state index contributed by atoms with van der Waals surface area (Å²) in [5.41, 5.74) is -0.289. The van der Waals surface area contributed by atoms with E-state index in [9.17, 15) is 17.2 Å². The Bertz CT molecular complexity index is 962. The van der Waals surface area contributed by atoms with Crippen LogP contribution in [0.15, 0.2) is 41.3 Å². The van der Waals surface area contributed by atoms with Crippen molar-refractivity contribution in [2.45, 2.75) is 28.6 Å². The third-order valence-electron chi connectivity index (χ3n) is 5.00. The normalized spacial score (nSPS) is 25.1. The Hall–Kier alpha value is -1.70. The van der Waals surface area contributed by atoms with Crippen molar-refractivity contribution in [1.82, 2.24) is 0 Å². The van der Waals surface area contributed by atoms with Crippen LogP contribution in [0.1, 0.15) is 18.4 Å². The summed E-state index contributed by atoms with van der Waals surface area (Å²) in [5, 5.41) is 0.377. The molecule has 0 amide bonds. The van der Waals surface area contributed by atoms with E-state index in [1.165, 1.54) is 24.3 Å². The molecule has 0 aliphatic carbocycles. The summed E-state index contributed by atoms with van der Waals surface area (Å²) in [5.74, 6) is -1.98. The summed E-state index contributed by atoms with van der Waals surface area (Å²) < 4.78 is 65.5. The molecule has 2 aromatic carbocycles. The predicted octanol–water partition coefficient (Wildman–Crippen LogP) is 3.86. The molecule has 0 saturated carbocycles. The van der Waals surface area contributed by atoms with E-state index in [1.54, 1.807) is 0 Å². The van der Waals surface area contributed by atoms with E-state index in [2.05, 4.69) is 0 Å². The Kier molecular flexibility index (Phi) is 4.21. The highest BCUT2D eigenvalue weighted by molar-refractivity contribution is 7.92. The number of sulfone groups is 1. The molecule has 0 radical (unpaired) electrons. The van der Waals surface area contributed by atoms with E-state index in [0.29, 0.717) is 18.1 Å². The Morgan fingerprint density at radius 3 is 2.50 bits per heavy atom. The van der Waals surface area contributed by atoms with Gasteiger partial charge in [-0.05, 0) is 49.2 Å². The Morgan fingerprint density at radius 2 is 1.77 bits per heavy atom. The van der Waals surface area contributed by atoms with Gasteiger partial charge in [0, 0.05) is 11.6 Å². The SMILES string of the molecule is O=S(=O)(c1ccc(Cl)cc1)[C@@]12CCCOC1COc1c(F)ccc(F)c12. The van der Waals surface area contributed by atoms with Gasteiger partial charge < -0.3 is 9.47 Å². The van der Waals surface area contributed by atoms with Crippen LogP contribution < -0.4 is 4.74 Å². The third kappa shape index (κ3) is 2.37. The number of rotatable bonds is 2. The van der Waals surface area contributed by atoms with E-state index in [0.717, 1.165) is 12.1 Å². The highest BCUT2D eigenvalue weighted by Gasteiger charge is 2.59. The van der Waals surface area contributed by atoms with Crippen molar-refractivity contribution in [1.29, 1.82) is 0 Å². The summed E-state index contributed by atoms with van der Waals surface area (Å²) in [7, 11) is -4.12. The van der Waals surface area contributed by atoms with Gasteiger partial charge in [-0.3, -0.25) is 0 Å². The molecule has 0 N–H and O–H groups in total. The van der Waals surface area contributed by atoms with Crippen LogP contribution in [0.4, 0.5) is 8.78 Å². The molecule has 0 bridgehead atoms. The summed E-state index contributed by atoms with van der Waals surface area (Å²) in [6.45, 7) is 0.165. The lowest BCUT2D eigenvalue weighted by Crippen LogP contribution is -2.56. The molecule has 2 aliphatic heterocycles. The minimum absolute atomic E-state index is 0.0195. The maximum absolute atomic E-state index is 14.8. The molecule has 4 rings (SSSR count). The van der Waals surface area contributed by atoms with Crippen LogP contribution >= 0.6 is 11.6 Å². The van der Waals surface area contributed by atoms with Gasteiger partial charge in [0.2, 0.25) is 0 Å². The van der Waals surface area contributed by atoms with Gasteiger partial charge in [-0.15, -0.1) is 0 Å². The molecule has 1 saturated heterocycles. The molecule has 2 atom stereocenters. The molecule has 1 fully saturated rings. The van der Waals surface area contributed by atoms with Crippen molar-refractivity contribution >= 4 is 21.4 Å². The molecule has 2 aliphatic rings. The van der Waals surface area contributed by atoms with Gasteiger partial charge in [-0.25, -0.2) is 17.2 Å². The summed E-state index contributed by atoms with van der Waals surface area (Å²) in [6.07, 6.45) is -0.418. The van der Waals surface area contributed by atoms with Crippen molar-refractivity contribution < 1.29 is 26.7 Å². The highest BCUT2D eigenvalue weighted by Crippen LogP contribution is 2.52. The summed E-state index contributed by atoms with van der Waals surface area (Å²) in [6, 6.07) is 7.49. The van der Waals surface area contributed by atoms with Crippen molar-refractivity contribution in [3.8, 4) is 5.75 Å². The number of hydrogen-bond donors (Lipinski definition) is 0. The van der Waals surface area contributed by atoms with Crippen LogP contribution in [0, 0.1) is 11.6 Å². The second-order valence-corrected chi connectivity index (χ2v) is 9.00. The lowest BCUT2D eigenvalue weighted by atomic mass is 9.83. The molecular formula is C18H15ClF2O4S. The number of fused-ring (bicyclic) bond motifs is 3. The fraction of sp³-hybridized carbons (Fsp3) is 0.333. The number of halogens is 3. The Balaban J connectivity index is 2.02. The minimum atomic E-state index is -4.12. The van der Waals surface area contributed by atoms with Crippen molar-refractivity contribution in [3.63, 3.8) is 0 Å². The Labute approximate surface area is 154 Å². The first kappa shape index (κ1) is 17.7. The molecule has 4 nitrogen and oxygen atoms in total. The number of ether oxygens (including phenoxy) is 2. The van der Waals surface area contributed by atoms with Gasteiger partial charge in [-0.2, -0.15) is 0 Å². The van der Waals surface area contributed by atoms with Crippen LogP contribution in [0.2, 0.25) is 5.02 Å². The van der Waals surface area contributed by atoms with Crippen LogP contribution in [0.25, 0.3) is 0 Å². The minimum Gasteiger partial charge on any atom is -0.487 e. The first-order valence-electron chi connectivity index (χ1n) is 8.11. The largest absolute Gasteiger partial charge is 0.487 e. The third-order valence-corrected chi connectivity index (χ3v) is 7.77. The van der Waals surface area contributed by atoms with Crippen LogP contribution in [-0.2, 0) is 19.3 Å². The predicted molar refractivity (Wildman–Crippen MR) is 91.1 cm³/mol. The first-order valence-corrected chi connectivity index (χ1v) is 9.97. The zero-order chi connectivity index (χ0) is 18.5. The van der Waals surface area contributed by atoms with Crippen LogP contribution in [-0.4, -0.2) is 27.7 Å². The number of hydrogen-bond acceptors (Lipinski definition) is 4. The molecule has 1 unspecified atom stereocenters. The van der Waals surface area contributed by atoms with Crippen molar-refractivity contribution in [2.24, 2.45) is 0 Å². The highest BCUT2D eigenvalue weighted by atomic mass is 35.5. The molecular weight excluding hydrogens is 386 g/mol. The van der Waals surface area contributed by atoms with Crippen LogP contribution in [0.5, 0.6) is 5.75 Å². The van der Waals surface area contributed by atoms with Gasteiger partial charge in [-0.1, -0.05) is 11.6 Å². The molecule has 2 aromatic rings. The molecule has 0 spiro atoms. The van der Waals surface area contributed by atoms with Gasteiger partial charge in [0.05, 0.1) is 10.5 Å². The molecule has 8 heteroatoms. The van der Waals surface area contributed by atoms with Crippen molar-refractivity contribution in [2.75, 3.05) is 13.2 Å². The first-order chi connectivity index (χ1) is 12.4. The molecule has 0 aromatic heterocycles. The standard InChI is InChI=1S/C18H15ClF2O4S/c19-11-2-4-12(5-3-11)26(22,23)18-8-1-9-24-15(18)10-25-17-14(21)7-6-13(20)16(17)18/h2-7,15H,1,8-10H2/t15?,18-/m0/s1. The summed E-state index contributed by atoms with van der Waals surface area (Å²) in [4.78, 5) is -0.0195. The Morgan fingerprint density at radius 1 is 1.08 bits per heavy atom. The topological polar surface area (TPSA) is 52.6 Å². The van der Waals surface area contributed by atoms with E-state index in [4.69, 9.17) is 21.1 Å². The van der Waals surface area contributed by atoms with E-state index in [1.807, 2.05) is 0 Å². The van der Waals surface area contributed by atoms with E-state index < -0.39 is 32.3 Å². The van der Waals surface area contributed by atoms with Crippen LogP contribution in [0.3, 0.4) is 0 Å². The average Bonchev–Trinajstić information content (AvgIpc) is 2.64. The quantitative estimate of drug-likeness (QED) is 0.768. The average molecular weight is 401 g/mol. The molecule has 26 heavy (non-hydrogen) atoms. The second-order valence-electron chi connectivity index (χ2n) is 6.35. The van der Waals surface area contributed by atoms with E-state index in [-0.39, 0.29) is 29.2 Å². The maximum atomic E-state index is 14.8. The molecule has 138 valence electrons. The van der Waals surface area contributed by atoms with Gasteiger partial charge in [0.15, 0.2) is 21.4 Å². The maximum Gasteiger partial charge on any atom is 0.191 e. The monoisotopic (exact) mass is 400 g/mol. The van der Waals surface area contributed by atoms with Crippen molar-refractivity contribution in [3.05, 3.63) is 58.6 Å². The lowest BCUT2D eigenvalue weighted by Gasteiger charge is -2.46. The summed E-state index contributed by atoms with van der Waals surface area (Å²) >= 11 is 5.86. The second kappa shape index (κ2) is 6.18. The van der Waals surface area contributed by atoms with Gasteiger partial charge in [0.25, 0.3) is 0 Å². The fourth-order valence-electron chi connectivity index (χ4n) is 3.82. The van der Waals surface area contributed by atoms with Gasteiger partial charge >= 0.3 is 0 Å². The lowest BCUT2D eigenvalue weighted by molar-refractivity contribution is -0.0534. The van der Waals surface area contributed by atoms with Gasteiger partial charge in [0.1, 0.15) is 23.3 Å². The van der Waals surface area contributed by atoms with E-state index >= 15 is 0 Å². The smallest absolute Gasteiger partial charge is 0.191 e.